The van der Waals surface area contributed by atoms with Crippen molar-refractivity contribution in [3.05, 3.63) is 42.1 Å². The third-order valence-electron chi connectivity index (χ3n) is 5.07. The van der Waals surface area contributed by atoms with Crippen molar-refractivity contribution in [3.8, 4) is 0 Å². The van der Waals surface area contributed by atoms with Crippen LogP contribution in [0.25, 0.3) is 10.9 Å². The van der Waals surface area contributed by atoms with Crippen molar-refractivity contribution in [2.45, 2.75) is 51.6 Å². The average Bonchev–Trinajstić information content (AvgIpc) is 2.97. The van der Waals surface area contributed by atoms with E-state index in [1.54, 1.807) is 0 Å². The molecule has 2 aromatic rings. The molecule has 0 bridgehead atoms. The van der Waals surface area contributed by atoms with Crippen LogP contribution in [0.1, 0.15) is 44.7 Å². The highest BCUT2D eigenvalue weighted by Crippen LogP contribution is 2.44. The topological polar surface area (TPSA) is 33.1 Å². The highest BCUT2D eigenvalue weighted by Gasteiger charge is 2.38. The molecule has 20 heavy (non-hydrogen) atoms. The van der Waals surface area contributed by atoms with E-state index in [4.69, 9.17) is 4.98 Å². The first-order valence-electron chi connectivity index (χ1n) is 7.76. The van der Waals surface area contributed by atoms with Gasteiger partial charge in [0.05, 0.1) is 11.6 Å². The van der Waals surface area contributed by atoms with E-state index in [-0.39, 0.29) is 11.5 Å². The molecule has 1 aromatic heterocycles. The normalized spacial score (nSPS) is 19.3. The lowest BCUT2D eigenvalue weighted by molar-refractivity contribution is 0.0251. The van der Waals surface area contributed by atoms with Gasteiger partial charge >= 0.3 is 0 Å². The van der Waals surface area contributed by atoms with Crippen LogP contribution in [0.2, 0.25) is 0 Å². The second-order valence-electron chi connectivity index (χ2n) is 6.14. The van der Waals surface area contributed by atoms with E-state index in [2.05, 4.69) is 25.1 Å². The highest BCUT2D eigenvalue weighted by atomic mass is 16.3. The van der Waals surface area contributed by atoms with E-state index in [0.717, 1.165) is 35.9 Å². The maximum absolute atomic E-state index is 10.7. The number of benzene rings is 1. The Balaban J connectivity index is 1.81. The SMILES string of the molecule is CCC1(C(O)Cc2ccc3ccccc3n2)CCCC1. The predicted octanol–water partition coefficient (Wildman–Crippen LogP) is 4.11. The number of hydrogen-bond acceptors (Lipinski definition) is 2. The van der Waals surface area contributed by atoms with Gasteiger partial charge in [0.1, 0.15) is 0 Å². The minimum absolute atomic E-state index is 0.132. The van der Waals surface area contributed by atoms with Crippen LogP contribution in [-0.2, 0) is 6.42 Å². The predicted molar refractivity (Wildman–Crippen MR) is 82.6 cm³/mol. The molecule has 2 nitrogen and oxygen atoms in total. The lowest BCUT2D eigenvalue weighted by Crippen LogP contribution is -2.34. The number of nitrogens with zero attached hydrogens (tertiary/aromatic N) is 1. The maximum atomic E-state index is 10.7. The van der Waals surface area contributed by atoms with E-state index in [1.165, 1.54) is 12.8 Å². The molecule has 0 spiro atoms. The Morgan fingerprint density at radius 3 is 2.65 bits per heavy atom. The Kier molecular flexibility index (Phi) is 3.75. The van der Waals surface area contributed by atoms with Crippen molar-refractivity contribution in [2.75, 3.05) is 0 Å². The monoisotopic (exact) mass is 269 g/mol. The van der Waals surface area contributed by atoms with Crippen molar-refractivity contribution in [3.63, 3.8) is 0 Å². The third kappa shape index (κ3) is 2.45. The smallest absolute Gasteiger partial charge is 0.0705 e. The van der Waals surface area contributed by atoms with Gasteiger partial charge in [0.2, 0.25) is 0 Å². The summed E-state index contributed by atoms with van der Waals surface area (Å²) >= 11 is 0. The van der Waals surface area contributed by atoms with Crippen molar-refractivity contribution in [2.24, 2.45) is 5.41 Å². The van der Waals surface area contributed by atoms with Crippen molar-refractivity contribution in [1.29, 1.82) is 0 Å². The van der Waals surface area contributed by atoms with E-state index in [1.807, 2.05) is 18.2 Å². The van der Waals surface area contributed by atoms with Crippen LogP contribution >= 0.6 is 0 Å². The summed E-state index contributed by atoms with van der Waals surface area (Å²) in [6.45, 7) is 2.21. The average molecular weight is 269 g/mol. The molecule has 1 unspecified atom stereocenters. The Morgan fingerprint density at radius 1 is 1.15 bits per heavy atom. The van der Waals surface area contributed by atoms with Gasteiger partial charge in [-0.25, -0.2) is 0 Å². The fraction of sp³-hybridized carbons (Fsp3) is 0.500. The summed E-state index contributed by atoms with van der Waals surface area (Å²) in [5.74, 6) is 0. The van der Waals surface area contributed by atoms with Crippen molar-refractivity contribution in [1.82, 2.24) is 4.98 Å². The summed E-state index contributed by atoms with van der Waals surface area (Å²) in [6.07, 6.45) is 6.34. The minimum Gasteiger partial charge on any atom is -0.392 e. The minimum atomic E-state index is -0.260. The quantitative estimate of drug-likeness (QED) is 0.906. The zero-order chi connectivity index (χ0) is 14.0. The van der Waals surface area contributed by atoms with Gasteiger partial charge < -0.3 is 5.11 Å². The highest BCUT2D eigenvalue weighted by molar-refractivity contribution is 5.78. The Morgan fingerprint density at radius 2 is 1.90 bits per heavy atom. The fourth-order valence-electron chi connectivity index (χ4n) is 3.64. The fourth-order valence-corrected chi connectivity index (χ4v) is 3.64. The molecule has 1 aliphatic rings. The summed E-state index contributed by atoms with van der Waals surface area (Å²) in [4.78, 5) is 4.69. The summed E-state index contributed by atoms with van der Waals surface area (Å²) in [6, 6.07) is 12.3. The van der Waals surface area contributed by atoms with Gasteiger partial charge in [0.15, 0.2) is 0 Å². The van der Waals surface area contributed by atoms with Gasteiger partial charge in [-0.2, -0.15) is 0 Å². The molecule has 1 aliphatic carbocycles. The lowest BCUT2D eigenvalue weighted by Gasteiger charge is -2.33. The molecule has 1 aromatic carbocycles. The molecular formula is C18H23NO. The van der Waals surface area contributed by atoms with Crippen LogP contribution in [0.4, 0.5) is 0 Å². The Bertz CT molecular complexity index is 587. The first kappa shape index (κ1) is 13.6. The molecular weight excluding hydrogens is 246 g/mol. The van der Waals surface area contributed by atoms with Gasteiger partial charge in [-0.05, 0) is 36.8 Å². The standard InChI is InChI=1S/C18H23NO/c1-2-18(11-5-6-12-18)17(20)13-15-10-9-14-7-3-4-8-16(14)19-15/h3-4,7-10,17,20H,2,5-6,11-13H2,1H3. The number of fused-ring (bicyclic) bond motifs is 1. The van der Waals surface area contributed by atoms with Gasteiger partial charge in [0, 0.05) is 17.5 Å². The van der Waals surface area contributed by atoms with Crippen molar-refractivity contribution < 1.29 is 5.11 Å². The molecule has 0 saturated heterocycles. The molecule has 1 fully saturated rings. The van der Waals surface area contributed by atoms with Crippen molar-refractivity contribution >= 4 is 10.9 Å². The number of para-hydroxylation sites is 1. The van der Waals surface area contributed by atoms with E-state index >= 15 is 0 Å². The number of pyridine rings is 1. The number of rotatable bonds is 4. The van der Waals surface area contributed by atoms with Gasteiger partial charge in [0.25, 0.3) is 0 Å². The molecule has 3 rings (SSSR count). The second kappa shape index (κ2) is 5.53. The van der Waals surface area contributed by atoms with Gasteiger partial charge in [-0.1, -0.05) is 44.0 Å². The molecule has 2 heteroatoms. The number of aromatic nitrogens is 1. The molecule has 0 aliphatic heterocycles. The first-order chi connectivity index (χ1) is 9.73. The van der Waals surface area contributed by atoms with Gasteiger partial charge in [-0.15, -0.1) is 0 Å². The number of aliphatic hydroxyl groups is 1. The first-order valence-corrected chi connectivity index (χ1v) is 7.76. The van der Waals surface area contributed by atoms with E-state index in [0.29, 0.717) is 6.42 Å². The second-order valence-corrected chi connectivity index (χ2v) is 6.14. The molecule has 1 heterocycles. The van der Waals surface area contributed by atoms with Gasteiger partial charge in [-0.3, -0.25) is 4.98 Å². The Hall–Kier alpha value is -1.41. The summed E-state index contributed by atoms with van der Waals surface area (Å²) in [7, 11) is 0. The lowest BCUT2D eigenvalue weighted by atomic mass is 9.76. The molecule has 0 radical (unpaired) electrons. The number of hydrogen-bond donors (Lipinski definition) is 1. The zero-order valence-corrected chi connectivity index (χ0v) is 12.2. The zero-order valence-electron chi connectivity index (χ0n) is 12.2. The van der Waals surface area contributed by atoms with Crippen LogP contribution < -0.4 is 0 Å². The van der Waals surface area contributed by atoms with Crippen LogP contribution in [0.5, 0.6) is 0 Å². The van der Waals surface area contributed by atoms with E-state index < -0.39 is 0 Å². The van der Waals surface area contributed by atoms with E-state index in [9.17, 15) is 5.11 Å². The molecule has 1 N–H and O–H groups in total. The largest absolute Gasteiger partial charge is 0.392 e. The molecule has 106 valence electrons. The van der Waals surface area contributed by atoms with Crippen LogP contribution in [0.3, 0.4) is 0 Å². The van der Waals surface area contributed by atoms with Crippen LogP contribution in [0, 0.1) is 5.41 Å². The van der Waals surface area contributed by atoms with Crippen LogP contribution in [0.15, 0.2) is 36.4 Å². The van der Waals surface area contributed by atoms with Crippen LogP contribution in [-0.4, -0.2) is 16.2 Å². The number of aliphatic hydroxyl groups excluding tert-OH is 1. The maximum Gasteiger partial charge on any atom is 0.0705 e. The summed E-state index contributed by atoms with van der Waals surface area (Å²) in [5, 5.41) is 11.8. The summed E-state index contributed by atoms with van der Waals surface area (Å²) in [5.41, 5.74) is 2.16. The molecule has 0 amide bonds. The molecule has 1 saturated carbocycles. The molecule has 1 atom stereocenters. The Labute approximate surface area is 120 Å². The summed E-state index contributed by atoms with van der Waals surface area (Å²) < 4.78 is 0. The third-order valence-corrected chi connectivity index (χ3v) is 5.07.